The number of phenolic OH excluding ortho intramolecular Hbond substituents is 2. The van der Waals surface area contributed by atoms with Gasteiger partial charge in [0, 0.05) is 44.4 Å². The second-order valence-electron chi connectivity index (χ2n) is 20.1. The Balaban J connectivity index is 0.984. The van der Waals surface area contributed by atoms with Gasteiger partial charge in [-0.25, -0.2) is 33.6 Å². The van der Waals surface area contributed by atoms with E-state index in [1.807, 2.05) is 0 Å². The molecule has 0 aliphatic rings. The lowest BCUT2D eigenvalue weighted by atomic mass is 10.1. The predicted molar refractivity (Wildman–Crippen MR) is 370 cm³/mol. The molecule has 560 valence electrons. The van der Waals surface area contributed by atoms with Crippen molar-refractivity contribution >= 4 is 224 Å². The molecule has 0 fully saturated rings. The Bertz CT molecular complexity index is 5760. The maximum Gasteiger partial charge on any atom is 0.397 e. The van der Waals surface area contributed by atoms with Crippen molar-refractivity contribution in [1.29, 1.82) is 0 Å². The van der Waals surface area contributed by atoms with Crippen molar-refractivity contribution in [2.75, 3.05) is 39.8 Å². The molecule has 0 saturated carbocycles. The number of nitrogens with zero attached hydrogens (tertiary/aromatic N) is 11. The molecule has 0 bridgehead atoms. The minimum atomic E-state index is -5.21. The fourth-order valence-electron chi connectivity index (χ4n) is 9.62. The van der Waals surface area contributed by atoms with Gasteiger partial charge in [-0.2, -0.15) is 63.6 Å². The molecule has 43 nitrogen and oxygen atoms in total. The molecular weight excluding hydrogens is 1640 g/mol. The Hall–Kier alpha value is -8.39. The van der Waals surface area contributed by atoms with Gasteiger partial charge in [0.2, 0.25) is 34.4 Å². The highest BCUT2D eigenvalue weighted by Gasteiger charge is 2.28. The number of halogens is 2. The number of hydrogen-bond donors (Lipinski definition) is 13. The van der Waals surface area contributed by atoms with Gasteiger partial charge in [0.05, 0.1) is 96.4 Å². The van der Waals surface area contributed by atoms with Gasteiger partial charge >= 0.3 is 10.4 Å². The van der Waals surface area contributed by atoms with Gasteiger partial charge in [0.1, 0.15) is 32.5 Å². The monoisotopic (exact) mass is 1680 g/mol. The summed E-state index contributed by atoms with van der Waals surface area (Å²) < 4.78 is 188. The Morgan fingerprint density at radius 1 is 0.509 bits per heavy atom. The fourth-order valence-corrected chi connectivity index (χ4v) is 15.5. The number of aromatic hydroxyl groups is 2. The van der Waals surface area contributed by atoms with E-state index in [1.165, 1.54) is 71.6 Å². The summed E-state index contributed by atoms with van der Waals surface area (Å²) >= 11 is 13.9. The number of anilines is 8. The zero-order valence-electron chi connectivity index (χ0n) is 51.6. The second-order valence-corrected chi connectivity index (χ2v) is 31.1. The van der Waals surface area contributed by atoms with Crippen LogP contribution in [0, 0.1) is 0 Å². The van der Waals surface area contributed by atoms with Crippen LogP contribution in [0.4, 0.5) is 69.3 Å². The Morgan fingerprint density at radius 2 is 1.10 bits per heavy atom. The molecule has 0 unspecified atom stereocenters. The van der Waals surface area contributed by atoms with Crippen LogP contribution in [-0.2, 0) is 92.3 Å². The summed E-state index contributed by atoms with van der Waals surface area (Å²) in [5, 5.41) is 98.0. The van der Waals surface area contributed by atoms with Crippen molar-refractivity contribution < 1.29 is 133 Å². The first kappa shape index (κ1) is 80.2. The normalized spacial score (nSPS) is 12.5. The highest BCUT2D eigenvalue weighted by atomic mass is 35.5. The third-order valence-corrected chi connectivity index (χ3v) is 21.6. The Labute approximate surface area is 619 Å². The van der Waals surface area contributed by atoms with Gasteiger partial charge in [-0.15, -0.1) is 37.8 Å². The number of aromatic nitrogens is 6. The lowest BCUT2D eigenvalue weighted by Gasteiger charge is -2.22. The van der Waals surface area contributed by atoms with Crippen molar-refractivity contribution in [3.63, 3.8) is 0 Å². The number of benzene rings is 8. The molecule has 0 radical (unpaired) electrons. The molecule has 0 aliphatic heterocycles. The van der Waals surface area contributed by atoms with Crippen LogP contribution in [-0.4, -0.2) is 140 Å². The first-order valence-electron chi connectivity index (χ1n) is 27.8. The molecule has 2 aromatic heterocycles. The third kappa shape index (κ3) is 19.3. The molecule has 0 atom stereocenters. The van der Waals surface area contributed by atoms with E-state index in [1.54, 1.807) is 6.92 Å². The van der Waals surface area contributed by atoms with Crippen molar-refractivity contribution in [2.45, 2.75) is 46.1 Å². The minimum absolute atomic E-state index is 0.00381. The summed E-state index contributed by atoms with van der Waals surface area (Å²) in [6.45, 7) is 0.817. The molecule has 0 aliphatic carbocycles. The van der Waals surface area contributed by atoms with Crippen molar-refractivity contribution in [3.8, 4) is 11.5 Å². The first-order chi connectivity index (χ1) is 50.2. The molecule has 10 rings (SSSR count). The molecular formula is C52H40Cl2N14O29S9. The number of fused-ring (bicyclic) bond motifs is 3. The van der Waals surface area contributed by atoms with Crippen LogP contribution < -0.4 is 20.9 Å². The number of hydrogen-bond acceptors (Lipinski definition) is 43. The predicted octanol–water partition coefficient (Wildman–Crippen LogP) is 12.5. The number of azo groups is 2. The van der Waals surface area contributed by atoms with Crippen LogP contribution >= 0.6 is 71.4 Å². The average molecular weight is 1680 g/mol. The number of phenols is 2. The second kappa shape index (κ2) is 33.8. The number of sulfone groups is 1. The zero-order valence-corrected chi connectivity index (χ0v) is 60.5. The van der Waals surface area contributed by atoms with Gasteiger partial charge in [-0.05, 0) is 126 Å². The van der Waals surface area contributed by atoms with Crippen molar-refractivity contribution in [2.24, 2.45) is 20.5 Å². The van der Waals surface area contributed by atoms with Crippen LogP contribution in [0.2, 0.25) is 10.6 Å². The van der Waals surface area contributed by atoms with E-state index in [2.05, 4.69) is 99.3 Å². The number of rotatable bonds is 33. The molecule has 10 aromatic rings. The van der Waals surface area contributed by atoms with Gasteiger partial charge in [0.25, 0.3) is 30.4 Å². The highest BCUT2D eigenvalue weighted by molar-refractivity contribution is 7.95. The lowest BCUT2D eigenvalue weighted by molar-refractivity contribution is -0.432. The maximum absolute atomic E-state index is 13.1. The molecule has 13 N–H and O–H groups in total. The lowest BCUT2D eigenvalue weighted by Crippen LogP contribution is -2.21. The molecule has 0 amide bonds. The average Bonchev–Trinajstić information content (AvgIpc) is 0.761. The number of nitrogens with one attached hydrogen (secondary N) is 3. The topological polar surface area (TPSA) is 622 Å². The summed E-state index contributed by atoms with van der Waals surface area (Å²) in [5.74, 6) is -4.06. The van der Waals surface area contributed by atoms with E-state index in [4.69, 9.17) is 46.9 Å². The summed E-state index contributed by atoms with van der Waals surface area (Å²) in [4.78, 5) is 23.0. The summed E-state index contributed by atoms with van der Waals surface area (Å²) in [7, 11) is -24.7. The van der Waals surface area contributed by atoms with E-state index < -0.39 is 140 Å². The molecule has 54 heteroatoms. The zero-order chi connectivity index (χ0) is 76.6. The van der Waals surface area contributed by atoms with Gasteiger partial charge < -0.3 is 31.1 Å². The van der Waals surface area contributed by atoms with Gasteiger partial charge in [-0.3, -0.25) is 18.2 Å². The van der Waals surface area contributed by atoms with Gasteiger partial charge in [0.15, 0.2) is 21.3 Å². The molecule has 2 heterocycles. The van der Waals surface area contributed by atoms with E-state index in [0.29, 0.717) is 24.1 Å². The SMILES string of the molecule is CCN(c1cccc(S(=O)(=O)CCOS(=O)(=O)O)c1)c1nc(Cl)nc(Nc2ccc3c(O)c(/N=N/c4cc(Nc5nc(Cl)nc(Nc6cc(S(=O)(=O)O)cc7cc(SOOO)c(/N=N/c8ccc9c(SOOO)cccc9c8S(=O)(=O)O)c(O)c67)n5)ccc4S(=O)(=O)O)c(SOOO)cc3c2SOOO)n1. The Morgan fingerprint density at radius 3 is 1.75 bits per heavy atom. The van der Waals surface area contributed by atoms with E-state index >= 15 is 0 Å². The summed E-state index contributed by atoms with van der Waals surface area (Å²) in [6.07, 6.45) is 0. The van der Waals surface area contributed by atoms with Crippen molar-refractivity contribution in [3.05, 3.63) is 120 Å². The maximum atomic E-state index is 13.1. The Kier molecular flexibility index (Phi) is 25.6. The summed E-state index contributed by atoms with van der Waals surface area (Å²) in [5.41, 5.74) is -2.84. The highest BCUT2D eigenvalue weighted by Crippen LogP contribution is 2.51. The quantitative estimate of drug-likeness (QED) is 0.00597. The summed E-state index contributed by atoms with van der Waals surface area (Å²) in [6, 6.07) is 21.2. The van der Waals surface area contributed by atoms with Gasteiger partial charge in [-0.1, -0.05) is 44.4 Å². The molecule has 8 aromatic carbocycles. The van der Waals surface area contributed by atoms with Crippen LogP contribution in [0.25, 0.3) is 32.3 Å². The largest absolute Gasteiger partial charge is 0.505 e. The van der Waals surface area contributed by atoms with Crippen LogP contribution in [0.3, 0.4) is 0 Å². The van der Waals surface area contributed by atoms with Crippen LogP contribution in [0.15, 0.2) is 169 Å². The minimum Gasteiger partial charge on any atom is -0.505 e. The fraction of sp³-hybridized carbons (Fsp3) is 0.0769. The van der Waals surface area contributed by atoms with Crippen molar-refractivity contribution in [1.82, 2.24) is 29.9 Å². The standard InChI is InChI=1S/C52H40Cl2N14O29S9/c1-2-68(25-5-3-6-26(20-25)102(75,76)16-15-89-106(86,87)88)52-61-48(54)60-51(63-52)56-32-12-11-29-31(45(32)101-97-93-74)22-38(100-96-92-73)41(43(29)69)66-65-34-19-24(9-14-39(34)104(80,81)82)55-49-58-47(53)59-50(62-49)57-35-21-27(103(77,78)79)17-23-18-37(99-95-91-72)42(44(70)40(23)35)67-64-33-13-10-28-30(46(33)105(83,84)85)7-4-8-36(28)98-94-90-71/h3-14,17-22,69-74H,2,15-16H2,1H3,(H,77,78,79)(H,80,81,82)(H,83,84,85)(H,86,87,88)(H,56,60,61,63)(H2,55,57,58,59,62)/b66-65+,67-64+. The van der Waals surface area contributed by atoms with E-state index in [-0.39, 0.29) is 116 Å². The van der Waals surface area contributed by atoms with Crippen LogP contribution in [0.1, 0.15) is 6.92 Å². The smallest absolute Gasteiger partial charge is 0.397 e. The van der Waals surface area contributed by atoms with E-state index in [9.17, 15) is 76.5 Å². The van der Waals surface area contributed by atoms with Crippen LogP contribution in [0.5, 0.6) is 11.5 Å². The third-order valence-electron chi connectivity index (χ3n) is 13.8. The first-order valence-corrected chi connectivity index (χ1v) is 38.9. The molecule has 106 heavy (non-hydrogen) atoms. The molecule has 0 saturated heterocycles. The van der Waals surface area contributed by atoms with E-state index in [0.717, 1.165) is 42.5 Å². The molecule has 0 spiro atoms.